The Bertz CT molecular complexity index is 929. The number of piperazine rings is 1. The lowest BCUT2D eigenvalue weighted by molar-refractivity contribution is -0.135. The fourth-order valence-electron chi connectivity index (χ4n) is 3.88. The Balaban J connectivity index is 1.26. The van der Waals surface area contributed by atoms with Gasteiger partial charge in [0.15, 0.2) is 0 Å². The van der Waals surface area contributed by atoms with Crippen LogP contribution in [-0.2, 0) is 16.1 Å². The maximum atomic E-state index is 12.8. The molecule has 1 saturated carbocycles. The van der Waals surface area contributed by atoms with E-state index < -0.39 is 0 Å². The second kappa shape index (κ2) is 8.46. The van der Waals surface area contributed by atoms with Crippen molar-refractivity contribution in [2.24, 2.45) is 11.8 Å². The van der Waals surface area contributed by atoms with Crippen LogP contribution < -0.4 is 5.32 Å². The molecule has 4 rings (SSSR count). The number of para-hydroxylation sites is 1. The summed E-state index contributed by atoms with van der Waals surface area (Å²) in [7, 11) is 0. The Morgan fingerprint density at radius 2 is 1.66 bits per heavy atom. The highest BCUT2D eigenvalue weighted by molar-refractivity contribution is 6.00. The van der Waals surface area contributed by atoms with E-state index in [1.165, 1.54) is 5.56 Å². The van der Waals surface area contributed by atoms with E-state index in [1.54, 1.807) is 24.3 Å². The van der Waals surface area contributed by atoms with Gasteiger partial charge in [0.2, 0.25) is 11.8 Å². The van der Waals surface area contributed by atoms with Crippen LogP contribution in [0.3, 0.4) is 0 Å². The highest BCUT2D eigenvalue weighted by Crippen LogP contribution is 2.41. The minimum absolute atomic E-state index is 0.0816. The number of carbonyl (C=O) groups is 2. The number of nitrogens with zero attached hydrogens (tertiary/aromatic N) is 3. The Morgan fingerprint density at radius 1 is 0.966 bits per heavy atom. The summed E-state index contributed by atoms with van der Waals surface area (Å²) in [6.45, 7) is 4.00. The quantitative estimate of drug-likeness (QED) is 0.854. The van der Waals surface area contributed by atoms with Crippen molar-refractivity contribution in [3.05, 3.63) is 65.7 Å². The lowest BCUT2D eigenvalue weighted by atomic mass is 10.1. The van der Waals surface area contributed by atoms with Crippen LogP contribution in [-0.4, -0.2) is 47.8 Å². The molecule has 1 aliphatic carbocycles. The first kappa shape index (κ1) is 19.2. The van der Waals surface area contributed by atoms with Gasteiger partial charge in [-0.2, -0.15) is 5.26 Å². The smallest absolute Gasteiger partial charge is 0.228 e. The normalized spacial score (nSPS) is 21.3. The van der Waals surface area contributed by atoms with Gasteiger partial charge in [-0.05, 0) is 24.1 Å². The zero-order valence-electron chi connectivity index (χ0n) is 16.3. The van der Waals surface area contributed by atoms with E-state index in [4.69, 9.17) is 5.26 Å². The lowest BCUT2D eigenvalue weighted by Crippen LogP contribution is -2.49. The van der Waals surface area contributed by atoms with Gasteiger partial charge in [-0.3, -0.25) is 14.5 Å². The van der Waals surface area contributed by atoms with Gasteiger partial charge in [-0.1, -0.05) is 42.5 Å². The maximum Gasteiger partial charge on any atom is 0.228 e. The molecular weight excluding hydrogens is 364 g/mol. The third-order valence-corrected chi connectivity index (χ3v) is 5.68. The fourth-order valence-corrected chi connectivity index (χ4v) is 3.88. The number of anilines is 1. The summed E-state index contributed by atoms with van der Waals surface area (Å²) >= 11 is 0. The Morgan fingerprint density at radius 3 is 2.38 bits per heavy atom. The molecule has 29 heavy (non-hydrogen) atoms. The molecule has 2 aromatic carbocycles. The van der Waals surface area contributed by atoms with Crippen LogP contribution in [0.4, 0.5) is 5.69 Å². The minimum atomic E-state index is -0.295. The van der Waals surface area contributed by atoms with Crippen molar-refractivity contribution in [2.75, 3.05) is 31.5 Å². The third-order valence-electron chi connectivity index (χ3n) is 5.68. The molecule has 1 saturated heterocycles. The van der Waals surface area contributed by atoms with E-state index in [1.807, 2.05) is 23.1 Å². The summed E-state index contributed by atoms with van der Waals surface area (Å²) in [5.74, 6) is -0.617. The predicted octanol–water partition coefficient (Wildman–Crippen LogP) is 2.48. The molecule has 0 radical (unpaired) electrons. The zero-order chi connectivity index (χ0) is 20.2. The van der Waals surface area contributed by atoms with Crippen molar-refractivity contribution in [1.82, 2.24) is 9.80 Å². The van der Waals surface area contributed by atoms with Gasteiger partial charge in [0.25, 0.3) is 0 Å². The van der Waals surface area contributed by atoms with Crippen molar-refractivity contribution < 1.29 is 9.59 Å². The van der Waals surface area contributed by atoms with Crippen LogP contribution in [0.2, 0.25) is 0 Å². The summed E-state index contributed by atoms with van der Waals surface area (Å²) < 4.78 is 0. The van der Waals surface area contributed by atoms with Crippen molar-refractivity contribution >= 4 is 17.5 Å². The van der Waals surface area contributed by atoms with Gasteiger partial charge in [-0.15, -0.1) is 0 Å². The molecule has 6 heteroatoms. The summed E-state index contributed by atoms with van der Waals surface area (Å²) in [6, 6.07) is 19.3. The SMILES string of the molecule is N#Cc1ccccc1NC(=O)C1CC1C(=O)N1CCN(Cc2ccccc2)CC1. The third kappa shape index (κ3) is 4.47. The molecule has 0 bridgehead atoms. The summed E-state index contributed by atoms with van der Waals surface area (Å²) in [4.78, 5) is 29.5. The fraction of sp³-hybridized carbons (Fsp3) is 0.348. The molecule has 1 aliphatic heterocycles. The van der Waals surface area contributed by atoms with Gasteiger partial charge in [-0.25, -0.2) is 0 Å². The van der Waals surface area contributed by atoms with E-state index in [2.05, 4.69) is 28.4 Å². The van der Waals surface area contributed by atoms with Gasteiger partial charge in [0.05, 0.1) is 23.1 Å². The number of nitrogens with one attached hydrogen (secondary N) is 1. The molecule has 1 heterocycles. The first-order chi connectivity index (χ1) is 14.2. The van der Waals surface area contributed by atoms with Gasteiger partial charge < -0.3 is 10.2 Å². The summed E-state index contributed by atoms with van der Waals surface area (Å²) in [5, 5.41) is 11.9. The highest BCUT2D eigenvalue weighted by atomic mass is 16.2. The molecule has 2 amide bonds. The van der Waals surface area contributed by atoms with Gasteiger partial charge >= 0.3 is 0 Å². The molecule has 2 aromatic rings. The lowest BCUT2D eigenvalue weighted by Gasteiger charge is -2.35. The van der Waals surface area contributed by atoms with Gasteiger partial charge in [0, 0.05) is 32.7 Å². The maximum absolute atomic E-state index is 12.8. The van der Waals surface area contributed by atoms with Crippen molar-refractivity contribution in [3.8, 4) is 6.07 Å². The van der Waals surface area contributed by atoms with Crippen molar-refractivity contribution in [3.63, 3.8) is 0 Å². The second-order valence-corrected chi connectivity index (χ2v) is 7.68. The van der Waals surface area contributed by atoms with Crippen molar-refractivity contribution in [1.29, 1.82) is 5.26 Å². The zero-order valence-corrected chi connectivity index (χ0v) is 16.3. The van der Waals surface area contributed by atoms with E-state index >= 15 is 0 Å². The van der Waals surface area contributed by atoms with E-state index in [0.29, 0.717) is 30.8 Å². The molecule has 2 atom stereocenters. The van der Waals surface area contributed by atoms with E-state index in [-0.39, 0.29) is 23.7 Å². The minimum Gasteiger partial charge on any atom is -0.340 e. The Hall–Kier alpha value is -3.17. The van der Waals surface area contributed by atoms with Crippen LogP contribution in [0.1, 0.15) is 17.5 Å². The first-order valence-corrected chi connectivity index (χ1v) is 10.0. The summed E-state index contributed by atoms with van der Waals surface area (Å²) in [6.07, 6.45) is 0.587. The molecule has 2 fully saturated rings. The monoisotopic (exact) mass is 388 g/mol. The average molecular weight is 388 g/mol. The molecule has 0 spiro atoms. The molecular formula is C23H24N4O2. The van der Waals surface area contributed by atoms with E-state index in [9.17, 15) is 9.59 Å². The van der Waals surface area contributed by atoms with Crippen LogP contribution in [0.25, 0.3) is 0 Å². The molecule has 0 aromatic heterocycles. The molecule has 6 nitrogen and oxygen atoms in total. The highest BCUT2D eigenvalue weighted by Gasteiger charge is 2.49. The number of rotatable bonds is 5. The van der Waals surface area contributed by atoms with Gasteiger partial charge in [0.1, 0.15) is 6.07 Å². The largest absolute Gasteiger partial charge is 0.340 e. The number of hydrogen-bond donors (Lipinski definition) is 1. The second-order valence-electron chi connectivity index (χ2n) is 7.68. The van der Waals surface area contributed by atoms with E-state index in [0.717, 1.165) is 19.6 Å². The van der Waals surface area contributed by atoms with Crippen molar-refractivity contribution in [2.45, 2.75) is 13.0 Å². The number of hydrogen-bond acceptors (Lipinski definition) is 4. The number of nitriles is 1. The Kier molecular flexibility index (Phi) is 5.59. The predicted molar refractivity (Wildman–Crippen MR) is 110 cm³/mol. The Labute approximate surface area is 170 Å². The molecule has 1 N–H and O–H groups in total. The summed E-state index contributed by atoms with van der Waals surface area (Å²) in [5.41, 5.74) is 2.22. The molecule has 2 aliphatic rings. The standard InChI is InChI=1S/C23H24N4O2/c24-15-18-8-4-5-9-21(18)25-22(28)19-14-20(19)23(29)27-12-10-26(11-13-27)16-17-6-2-1-3-7-17/h1-9,19-20H,10-14,16H2,(H,25,28). The van der Waals surface area contributed by atoms with Crippen LogP contribution in [0, 0.1) is 23.2 Å². The number of amides is 2. The topological polar surface area (TPSA) is 76.4 Å². The number of carbonyl (C=O) groups excluding carboxylic acids is 2. The molecule has 2 unspecified atom stereocenters. The van der Waals surface area contributed by atoms with Crippen LogP contribution >= 0.6 is 0 Å². The first-order valence-electron chi connectivity index (χ1n) is 10.0. The van der Waals surface area contributed by atoms with Crippen LogP contribution in [0.5, 0.6) is 0 Å². The van der Waals surface area contributed by atoms with Crippen LogP contribution in [0.15, 0.2) is 54.6 Å². The molecule has 148 valence electrons. The average Bonchev–Trinajstić information content (AvgIpc) is 3.56. The number of benzene rings is 2.